The number of nitrogens with zero attached hydrogens (tertiary/aromatic N) is 5. The molecule has 0 bridgehead atoms. The van der Waals surface area contributed by atoms with Crippen molar-refractivity contribution < 1.29 is 27.8 Å². The third kappa shape index (κ3) is 4.86. The Morgan fingerprint density at radius 1 is 1.19 bits per heavy atom. The number of rotatable bonds is 7. The van der Waals surface area contributed by atoms with Crippen LogP contribution < -0.4 is 15.2 Å². The molecule has 0 aliphatic carbocycles. The lowest BCUT2D eigenvalue weighted by Crippen LogP contribution is -2.31. The molecule has 9 nitrogen and oxygen atoms in total. The summed E-state index contributed by atoms with van der Waals surface area (Å²) in [6, 6.07) is 5.87. The summed E-state index contributed by atoms with van der Waals surface area (Å²) in [6.07, 6.45) is -4.07. The molecule has 0 radical (unpaired) electrons. The molecule has 0 aliphatic rings. The molecule has 3 heterocycles. The fourth-order valence-electron chi connectivity index (χ4n) is 3.52. The summed E-state index contributed by atoms with van der Waals surface area (Å²) in [5.41, 5.74) is 0.165. The number of fused-ring (bicyclic) bond motifs is 1. The first-order chi connectivity index (χ1) is 17.0. The smallest absolute Gasteiger partial charge is 0.425 e. The van der Waals surface area contributed by atoms with Gasteiger partial charge in [0.15, 0.2) is 17.7 Å². The van der Waals surface area contributed by atoms with Gasteiger partial charge in [0, 0.05) is 36.8 Å². The van der Waals surface area contributed by atoms with Crippen LogP contribution in [-0.4, -0.2) is 41.7 Å². The number of aliphatic hydroxyl groups is 1. The molecule has 1 atom stereocenters. The summed E-state index contributed by atoms with van der Waals surface area (Å²) >= 11 is 6.18. The SMILES string of the molecule is CCn1c(CO)nn(-c2cc(O[C@@H](C)C(F)(F)F)c3c(Oc4cc(C)ncc4Cl)nccc3c2)c1=O. The predicted octanol–water partition coefficient (Wildman–Crippen LogP) is 4.57. The summed E-state index contributed by atoms with van der Waals surface area (Å²) < 4.78 is 53.7. The molecule has 0 unspecified atom stereocenters. The van der Waals surface area contributed by atoms with Gasteiger partial charge < -0.3 is 14.6 Å². The average Bonchev–Trinajstić information content (AvgIpc) is 3.16. The van der Waals surface area contributed by atoms with E-state index in [1.54, 1.807) is 19.9 Å². The van der Waals surface area contributed by atoms with Gasteiger partial charge in [0.1, 0.15) is 17.4 Å². The van der Waals surface area contributed by atoms with Crippen LogP contribution in [-0.2, 0) is 13.2 Å². The second-order valence-electron chi connectivity index (χ2n) is 7.83. The average molecular weight is 524 g/mol. The fraction of sp³-hybridized carbons (Fsp3) is 0.304. The van der Waals surface area contributed by atoms with E-state index in [-0.39, 0.29) is 45.8 Å². The van der Waals surface area contributed by atoms with Gasteiger partial charge in [-0.2, -0.15) is 17.9 Å². The van der Waals surface area contributed by atoms with Gasteiger partial charge in [0.2, 0.25) is 5.88 Å². The molecule has 13 heteroatoms. The molecule has 3 aromatic heterocycles. The van der Waals surface area contributed by atoms with Crippen molar-refractivity contribution in [1.82, 2.24) is 24.3 Å². The molecule has 0 fully saturated rings. The number of ether oxygens (including phenoxy) is 2. The molecule has 0 spiro atoms. The van der Waals surface area contributed by atoms with Gasteiger partial charge in [0.25, 0.3) is 0 Å². The Morgan fingerprint density at radius 3 is 2.58 bits per heavy atom. The number of hydrogen-bond donors (Lipinski definition) is 1. The highest BCUT2D eigenvalue weighted by Gasteiger charge is 2.38. The van der Waals surface area contributed by atoms with Crippen molar-refractivity contribution in [3.05, 3.63) is 63.7 Å². The van der Waals surface area contributed by atoms with Gasteiger partial charge in [-0.3, -0.25) is 9.55 Å². The van der Waals surface area contributed by atoms with Crippen LogP contribution in [0.4, 0.5) is 13.2 Å². The Labute approximate surface area is 207 Å². The van der Waals surface area contributed by atoms with Crippen LogP contribution in [0.2, 0.25) is 5.02 Å². The minimum atomic E-state index is -4.66. The summed E-state index contributed by atoms with van der Waals surface area (Å²) in [5.74, 6) is 0.0166. The lowest BCUT2D eigenvalue weighted by atomic mass is 10.1. The lowest BCUT2D eigenvalue weighted by molar-refractivity contribution is -0.189. The van der Waals surface area contributed by atoms with E-state index in [9.17, 15) is 23.1 Å². The van der Waals surface area contributed by atoms with Gasteiger partial charge in [-0.1, -0.05) is 11.6 Å². The summed E-state index contributed by atoms with van der Waals surface area (Å²) in [7, 11) is 0. The quantitative estimate of drug-likeness (QED) is 0.378. The molecule has 0 saturated heterocycles. The zero-order valence-corrected chi connectivity index (χ0v) is 20.1. The number of hydrogen-bond acceptors (Lipinski definition) is 7. The lowest BCUT2D eigenvalue weighted by Gasteiger charge is -2.20. The van der Waals surface area contributed by atoms with E-state index in [0.717, 1.165) is 11.6 Å². The zero-order valence-electron chi connectivity index (χ0n) is 19.4. The first-order valence-electron chi connectivity index (χ1n) is 10.8. The van der Waals surface area contributed by atoms with Crippen molar-refractivity contribution in [3.8, 4) is 23.1 Å². The summed E-state index contributed by atoms with van der Waals surface area (Å²) in [5, 5.41) is 14.4. The molecular weight excluding hydrogens is 503 g/mol. The van der Waals surface area contributed by atoms with Gasteiger partial charge in [-0.25, -0.2) is 9.78 Å². The van der Waals surface area contributed by atoms with E-state index in [4.69, 9.17) is 21.1 Å². The molecule has 4 rings (SSSR count). The highest BCUT2D eigenvalue weighted by Crippen LogP contribution is 2.39. The van der Waals surface area contributed by atoms with E-state index in [1.807, 2.05) is 0 Å². The number of aliphatic hydroxyl groups excluding tert-OH is 1. The third-order valence-electron chi connectivity index (χ3n) is 5.35. The standard InChI is InChI=1S/C23H21ClF3N5O4/c1-4-31-19(11-33)30-32(22(31)34)15-8-14-5-6-28-21(36-17-7-12(2)29-10-16(17)24)20(14)18(9-15)35-13(3)23(25,26)27/h5-10,13,33H,4,11H2,1-3H3/t13-/m0/s1. The van der Waals surface area contributed by atoms with Crippen LogP contribution >= 0.6 is 11.6 Å². The van der Waals surface area contributed by atoms with Crippen molar-refractivity contribution in [3.63, 3.8) is 0 Å². The van der Waals surface area contributed by atoms with Crippen LogP contribution in [0.1, 0.15) is 25.4 Å². The molecule has 1 aromatic carbocycles. The first kappa shape index (κ1) is 25.5. The van der Waals surface area contributed by atoms with E-state index >= 15 is 0 Å². The van der Waals surface area contributed by atoms with Crippen LogP contribution in [0.5, 0.6) is 17.4 Å². The second-order valence-corrected chi connectivity index (χ2v) is 8.24. The molecule has 1 N–H and O–H groups in total. The molecule has 0 saturated carbocycles. The van der Waals surface area contributed by atoms with Crippen LogP contribution in [0, 0.1) is 6.92 Å². The van der Waals surface area contributed by atoms with Gasteiger partial charge in [-0.05, 0) is 38.3 Å². The zero-order chi connectivity index (χ0) is 26.2. The Hall–Kier alpha value is -3.64. The summed E-state index contributed by atoms with van der Waals surface area (Å²) in [4.78, 5) is 21.1. The Morgan fingerprint density at radius 2 is 1.94 bits per heavy atom. The van der Waals surface area contributed by atoms with Gasteiger partial charge in [0.05, 0.1) is 11.1 Å². The van der Waals surface area contributed by atoms with E-state index in [1.165, 1.54) is 35.2 Å². The van der Waals surface area contributed by atoms with Crippen molar-refractivity contribution in [1.29, 1.82) is 0 Å². The highest BCUT2D eigenvalue weighted by atomic mass is 35.5. The number of aromatic nitrogens is 5. The molecule has 36 heavy (non-hydrogen) atoms. The third-order valence-corrected chi connectivity index (χ3v) is 5.63. The number of pyridine rings is 2. The van der Waals surface area contributed by atoms with Gasteiger partial charge >= 0.3 is 11.9 Å². The molecular formula is C23H21ClF3N5O4. The Balaban J connectivity index is 1.94. The minimum absolute atomic E-state index is 0.0570. The van der Waals surface area contributed by atoms with Gasteiger partial charge in [-0.15, -0.1) is 5.10 Å². The van der Waals surface area contributed by atoms with E-state index < -0.39 is 24.6 Å². The monoisotopic (exact) mass is 523 g/mol. The van der Waals surface area contributed by atoms with Crippen molar-refractivity contribution in [2.24, 2.45) is 0 Å². The number of alkyl halides is 3. The first-order valence-corrected chi connectivity index (χ1v) is 11.2. The number of halogens is 4. The Kier molecular flexibility index (Phi) is 6.92. The fourth-order valence-corrected chi connectivity index (χ4v) is 3.66. The van der Waals surface area contributed by atoms with Crippen molar-refractivity contribution in [2.45, 2.75) is 46.2 Å². The maximum atomic E-state index is 13.4. The minimum Gasteiger partial charge on any atom is -0.480 e. The van der Waals surface area contributed by atoms with Crippen LogP contribution in [0.25, 0.3) is 16.5 Å². The largest absolute Gasteiger partial charge is 0.480 e. The maximum Gasteiger partial charge on any atom is 0.425 e. The Bertz CT molecular complexity index is 1490. The second kappa shape index (κ2) is 9.78. The maximum absolute atomic E-state index is 13.4. The predicted molar refractivity (Wildman–Crippen MR) is 125 cm³/mol. The van der Waals surface area contributed by atoms with Crippen molar-refractivity contribution in [2.75, 3.05) is 0 Å². The van der Waals surface area contributed by atoms with E-state index in [2.05, 4.69) is 15.1 Å². The van der Waals surface area contributed by atoms with E-state index in [0.29, 0.717) is 11.1 Å². The number of aryl methyl sites for hydroxylation is 1. The topological polar surface area (TPSA) is 104 Å². The summed E-state index contributed by atoms with van der Waals surface area (Å²) in [6.45, 7) is 4.03. The molecule has 0 aliphatic heterocycles. The molecule has 4 aromatic rings. The van der Waals surface area contributed by atoms with Crippen LogP contribution in [0.15, 0.2) is 41.5 Å². The highest BCUT2D eigenvalue weighted by molar-refractivity contribution is 6.31. The number of benzene rings is 1. The normalized spacial score (nSPS) is 12.7. The van der Waals surface area contributed by atoms with Crippen molar-refractivity contribution >= 4 is 22.4 Å². The van der Waals surface area contributed by atoms with Crippen LogP contribution in [0.3, 0.4) is 0 Å². The molecule has 190 valence electrons. The molecule has 0 amide bonds.